The van der Waals surface area contributed by atoms with Crippen LogP contribution in [-0.4, -0.2) is 36.1 Å². The van der Waals surface area contributed by atoms with E-state index >= 15 is 0 Å². The van der Waals surface area contributed by atoms with E-state index in [9.17, 15) is 0 Å². The van der Waals surface area contributed by atoms with Crippen LogP contribution >= 0.6 is 0 Å². The van der Waals surface area contributed by atoms with Crippen LogP contribution in [0, 0.1) is 0 Å². The molecule has 0 bridgehead atoms. The smallest absolute Gasteiger partial charge is 0.120 e. The molecule has 0 spiro atoms. The van der Waals surface area contributed by atoms with Crippen LogP contribution < -0.4 is 4.74 Å². The summed E-state index contributed by atoms with van der Waals surface area (Å²) < 4.78 is 5.90. The molecule has 0 amide bonds. The van der Waals surface area contributed by atoms with E-state index in [1.807, 2.05) is 24.4 Å². The van der Waals surface area contributed by atoms with E-state index in [1.54, 1.807) is 0 Å². The molecule has 1 aromatic carbocycles. The number of aromatic nitrogens is 1. The maximum absolute atomic E-state index is 5.90. The normalized spacial score (nSPS) is 20.4. The number of rotatable bonds is 3. The number of hydrogen-bond donors (Lipinski definition) is 0. The molecular formula is C15H18N2O. The molecule has 2 heterocycles. The molecule has 0 aliphatic carbocycles. The summed E-state index contributed by atoms with van der Waals surface area (Å²) in [5, 5.41) is 1.13. The number of likely N-dealkylation sites (tertiary alicyclic amines) is 1. The average Bonchev–Trinajstić information content (AvgIpc) is 2.82. The molecule has 3 rings (SSSR count). The minimum absolute atomic E-state index is 0.564. The number of ether oxygens (including phenoxy) is 1. The highest BCUT2D eigenvalue weighted by Gasteiger charge is 2.21. The number of fused-ring (bicyclic) bond motifs is 1. The van der Waals surface area contributed by atoms with Crippen molar-refractivity contribution in [1.82, 2.24) is 9.88 Å². The zero-order valence-electron chi connectivity index (χ0n) is 10.7. The van der Waals surface area contributed by atoms with Crippen molar-refractivity contribution in [2.24, 2.45) is 0 Å². The third-order valence-corrected chi connectivity index (χ3v) is 3.69. The molecular weight excluding hydrogens is 224 g/mol. The fourth-order valence-electron chi connectivity index (χ4n) is 2.53. The van der Waals surface area contributed by atoms with Gasteiger partial charge in [0.15, 0.2) is 0 Å². The highest BCUT2D eigenvalue weighted by molar-refractivity contribution is 5.79. The standard InChI is InChI=1S/C15H18N2O/c1-17-9-3-5-13(17)11-18-14-6-7-15-12(10-14)4-2-8-16-15/h2,4,6-8,10,13H,3,5,9,11H2,1H3/t13-/m1/s1. The molecule has 1 aliphatic rings. The molecule has 0 saturated carbocycles. The third kappa shape index (κ3) is 2.31. The molecule has 1 fully saturated rings. The molecule has 3 nitrogen and oxygen atoms in total. The molecule has 0 N–H and O–H groups in total. The molecule has 0 radical (unpaired) electrons. The molecule has 94 valence electrons. The van der Waals surface area contributed by atoms with Crippen LogP contribution in [0.2, 0.25) is 0 Å². The van der Waals surface area contributed by atoms with E-state index < -0.39 is 0 Å². The van der Waals surface area contributed by atoms with Crippen LogP contribution in [0.5, 0.6) is 5.75 Å². The highest BCUT2D eigenvalue weighted by atomic mass is 16.5. The number of likely N-dealkylation sites (N-methyl/N-ethyl adjacent to an activating group) is 1. The number of nitrogens with zero attached hydrogens (tertiary/aromatic N) is 2. The Morgan fingerprint density at radius 2 is 2.33 bits per heavy atom. The Bertz CT molecular complexity index is 541. The van der Waals surface area contributed by atoms with Gasteiger partial charge in [-0.15, -0.1) is 0 Å². The topological polar surface area (TPSA) is 25.4 Å². The molecule has 1 saturated heterocycles. The molecule has 2 aromatic rings. The largest absolute Gasteiger partial charge is 0.492 e. The first-order chi connectivity index (χ1) is 8.83. The van der Waals surface area contributed by atoms with Crippen LogP contribution in [-0.2, 0) is 0 Å². The summed E-state index contributed by atoms with van der Waals surface area (Å²) in [7, 11) is 2.17. The molecule has 1 atom stereocenters. The van der Waals surface area contributed by atoms with Gasteiger partial charge in [0.05, 0.1) is 5.52 Å². The highest BCUT2D eigenvalue weighted by Crippen LogP contribution is 2.21. The summed E-state index contributed by atoms with van der Waals surface area (Å²) >= 11 is 0. The monoisotopic (exact) mass is 242 g/mol. The lowest BCUT2D eigenvalue weighted by Gasteiger charge is -2.19. The predicted octanol–water partition coefficient (Wildman–Crippen LogP) is 2.71. The van der Waals surface area contributed by atoms with Gasteiger partial charge in [0.25, 0.3) is 0 Å². The maximum Gasteiger partial charge on any atom is 0.120 e. The zero-order valence-corrected chi connectivity index (χ0v) is 10.7. The summed E-state index contributed by atoms with van der Waals surface area (Å²) in [6, 6.07) is 10.7. The van der Waals surface area contributed by atoms with Gasteiger partial charge in [-0.2, -0.15) is 0 Å². The minimum Gasteiger partial charge on any atom is -0.492 e. The van der Waals surface area contributed by atoms with Gasteiger partial charge in [-0.3, -0.25) is 4.98 Å². The van der Waals surface area contributed by atoms with Crippen molar-refractivity contribution in [3.05, 3.63) is 36.5 Å². The second kappa shape index (κ2) is 4.94. The van der Waals surface area contributed by atoms with E-state index in [4.69, 9.17) is 4.74 Å². The third-order valence-electron chi connectivity index (χ3n) is 3.69. The SMILES string of the molecule is CN1CCC[C@@H]1COc1ccc2ncccc2c1. The van der Waals surface area contributed by atoms with Gasteiger partial charge in [0.2, 0.25) is 0 Å². The summed E-state index contributed by atoms with van der Waals surface area (Å²) in [4.78, 5) is 6.69. The van der Waals surface area contributed by atoms with E-state index in [-0.39, 0.29) is 0 Å². The zero-order chi connectivity index (χ0) is 12.4. The lowest BCUT2D eigenvalue weighted by Crippen LogP contribution is -2.30. The number of pyridine rings is 1. The Balaban J connectivity index is 1.71. The molecule has 1 aromatic heterocycles. The van der Waals surface area contributed by atoms with Gasteiger partial charge in [-0.1, -0.05) is 6.07 Å². The van der Waals surface area contributed by atoms with E-state index in [2.05, 4.69) is 29.1 Å². The lowest BCUT2D eigenvalue weighted by molar-refractivity contribution is 0.198. The van der Waals surface area contributed by atoms with Crippen molar-refractivity contribution in [3.8, 4) is 5.75 Å². The second-order valence-electron chi connectivity index (χ2n) is 4.95. The van der Waals surface area contributed by atoms with Crippen LogP contribution in [0.15, 0.2) is 36.5 Å². The van der Waals surface area contributed by atoms with E-state index in [0.29, 0.717) is 6.04 Å². The van der Waals surface area contributed by atoms with Gasteiger partial charge in [0.1, 0.15) is 12.4 Å². The fraction of sp³-hybridized carbons (Fsp3) is 0.400. The maximum atomic E-state index is 5.90. The summed E-state index contributed by atoms with van der Waals surface area (Å²) in [5.41, 5.74) is 1.02. The Kier molecular flexibility index (Phi) is 3.15. The van der Waals surface area contributed by atoms with E-state index in [0.717, 1.165) is 23.3 Å². The lowest BCUT2D eigenvalue weighted by atomic mass is 10.2. The van der Waals surface area contributed by atoms with Gasteiger partial charge in [0, 0.05) is 17.6 Å². The fourth-order valence-corrected chi connectivity index (χ4v) is 2.53. The number of benzene rings is 1. The van der Waals surface area contributed by atoms with Gasteiger partial charge >= 0.3 is 0 Å². The van der Waals surface area contributed by atoms with Crippen molar-refractivity contribution in [2.75, 3.05) is 20.2 Å². The number of hydrogen-bond acceptors (Lipinski definition) is 3. The summed E-state index contributed by atoms with van der Waals surface area (Å²) in [6.45, 7) is 1.97. The molecule has 18 heavy (non-hydrogen) atoms. The van der Waals surface area contributed by atoms with Crippen LogP contribution in [0.1, 0.15) is 12.8 Å². The van der Waals surface area contributed by atoms with Gasteiger partial charge in [-0.05, 0) is 50.7 Å². The first-order valence-electron chi connectivity index (χ1n) is 6.51. The van der Waals surface area contributed by atoms with Crippen LogP contribution in [0.3, 0.4) is 0 Å². The van der Waals surface area contributed by atoms with Crippen molar-refractivity contribution in [3.63, 3.8) is 0 Å². The van der Waals surface area contributed by atoms with Crippen molar-refractivity contribution in [1.29, 1.82) is 0 Å². The second-order valence-corrected chi connectivity index (χ2v) is 4.95. The van der Waals surface area contributed by atoms with E-state index in [1.165, 1.54) is 19.4 Å². The summed E-state index contributed by atoms with van der Waals surface area (Å²) in [5.74, 6) is 0.941. The Morgan fingerprint density at radius 3 is 3.17 bits per heavy atom. The van der Waals surface area contributed by atoms with Crippen LogP contribution in [0.4, 0.5) is 0 Å². The first kappa shape index (κ1) is 11.5. The van der Waals surface area contributed by atoms with Crippen LogP contribution in [0.25, 0.3) is 10.9 Å². The van der Waals surface area contributed by atoms with Gasteiger partial charge < -0.3 is 9.64 Å². The average molecular weight is 242 g/mol. The van der Waals surface area contributed by atoms with Crippen molar-refractivity contribution in [2.45, 2.75) is 18.9 Å². The Hall–Kier alpha value is -1.61. The van der Waals surface area contributed by atoms with Crippen molar-refractivity contribution < 1.29 is 4.74 Å². The predicted molar refractivity (Wildman–Crippen MR) is 72.9 cm³/mol. The minimum atomic E-state index is 0.564. The molecule has 0 unspecified atom stereocenters. The Labute approximate surface area is 107 Å². The summed E-state index contributed by atoms with van der Waals surface area (Å²) in [6.07, 6.45) is 4.34. The van der Waals surface area contributed by atoms with Crippen molar-refractivity contribution >= 4 is 10.9 Å². The Morgan fingerprint density at radius 1 is 1.39 bits per heavy atom. The molecule has 1 aliphatic heterocycles. The quantitative estimate of drug-likeness (QED) is 0.827. The molecule has 3 heteroatoms. The first-order valence-corrected chi connectivity index (χ1v) is 6.51. The van der Waals surface area contributed by atoms with Gasteiger partial charge in [-0.25, -0.2) is 0 Å².